The Morgan fingerprint density at radius 2 is 2.29 bits per heavy atom. The zero-order valence-electron chi connectivity index (χ0n) is 11.6. The summed E-state index contributed by atoms with van der Waals surface area (Å²) in [5, 5.41) is 14.1. The maximum Gasteiger partial charge on any atom is 0.253 e. The van der Waals surface area contributed by atoms with E-state index in [1.165, 1.54) is 0 Å². The molecule has 1 atom stereocenters. The van der Waals surface area contributed by atoms with Crippen LogP contribution in [0.25, 0.3) is 0 Å². The number of nitrogens with zero attached hydrogens (tertiary/aromatic N) is 1. The van der Waals surface area contributed by atoms with Crippen molar-refractivity contribution in [1.29, 1.82) is 0 Å². The Hall–Kier alpha value is -2.28. The minimum absolute atomic E-state index is 0.0493. The first-order valence-electron chi connectivity index (χ1n) is 6.81. The van der Waals surface area contributed by atoms with Gasteiger partial charge >= 0.3 is 0 Å². The van der Waals surface area contributed by atoms with Gasteiger partial charge in [-0.15, -0.1) is 0 Å². The Bertz CT molecular complexity index is 513. The number of benzene rings is 1. The van der Waals surface area contributed by atoms with Gasteiger partial charge in [0.05, 0.1) is 5.69 Å². The highest BCUT2D eigenvalue weighted by molar-refractivity contribution is 5.95. The van der Waals surface area contributed by atoms with Crippen molar-refractivity contribution < 1.29 is 19.5 Å². The zero-order valence-corrected chi connectivity index (χ0v) is 11.6. The molecule has 1 aromatic rings. The van der Waals surface area contributed by atoms with Crippen LogP contribution in [-0.2, 0) is 9.53 Å². The van der Waals surface area contributed by atoms with Gasteiger partial charge in [-0.2, -0.15) is 0 Å². The van der Waals surface area contributed by atoms with Gasteiger partial charge in [0, 0.05) is 6.61 Å². The van der Waals surface area contributed by atoms with Gasteiger partial charge in [0.15, 0.2) is 5.84 Å². The number of para-hydroxylation sites is 2. The van der Waals surface area contributed by atoms with Crippen molar-refractivity contribution in [3.63, 3.8) is 0 Å². The summed E-state index contributed by atoms with van der Waals surface area (Å²) in [6.45, 7) is 0.545. The number of carbonyl (C=O) groups excluding carboxylic acids is 1. The van der Waals surface area contributed by atoms with Gasteiger partial charge < -0.3 is 25.7 Å². The molecule has 0 aliphatic carbocycles. The molecule has 7 nitrogen and oxygen atoms in total. The molecule has 1 aromatic carbocycles. The van der Waals surface area contributed by atoms with E-state index < -0.39 is 6.10 Å². The molecule has 1 amide bonds. The minimum atomic E-state index is -0.420. The van der Waals surface area contributed by atoms with Gasteiger partial charge in [-0.1, -0.05) is 17.3 Å². The second kappa shape index (κ2) is 7.49. The Kier molecular flexibility index (Phi) is 5.39. The van der Waals surface area contributed by atoms with Crippen LogP contribution >= 0.6 is 0 Å². The first-order valence-corrected chi connectivity index (χ1v) is 6.81. The number of nitrogens with one attached hydrogen (secondary N) is 1. The lowest BCUT2D eigenvalue weighted by molar-refractivity contribution is -0.129. The molecule has 0 aromatic heterocycles. The van der Waals surface area contributed by atoms with Crippen LogP contribution in [0.5, 0.6) is 5.75 Å². The van der Waals surface area contributed by atoms with E-state index in [-0.39, 0.29) is 18.3 Å². The van der Waals surface area contributed by atoms with Gasteiger partial charge in [0.2, 0.25) is 0 Å². The highest BCUT2D eigenvalue weighted by Crippen LogP contribution is 2.25. The maximum absolute atomic E-state index is 12.1. The summed E-state index contributed by atoms with van der Waals surface area (Å²) in [7, 11) is 0. The highest BCUT2D eigenvalue weighted by atomic mass is 16.5. The van der Waals surface area contributed by atoms with E-state index in [2.05, 4.69) is 10.5 Å². The average Bonchev–Trinajstić information content (AvgIpc) is 2.54. The predicted molar refractivity (Wildman–Crippen MR) is 77.6 cm³/mol. The number of amidine groups is 1. The smallest absolute Gasteiger partial charge is 0.253 e. The molecular formula is C14H19N3O4. The van der Waals surface area contributed by atoms with Crippen LogP contribution in [0.4, 0.5) is 5.69 Å². The van der Waals surface area contributed by atoms with Gasteiger partial charge in [0.25, 0.3) is 5.91 Å². The number of rotatable bonds is 5. The van der Waals surface area contributed by atoms with Crippen LogP contribution in [0.1, 0.15) is 19.3 Å². The highest BCUT2D eigenvalue weighted by Gasteiger charge is 2.22. The number of carbonyl (C=O) groups is 1. The molecule has 1 aliphatic heterocycles. The van der Waals surface area contributed by atoms with E-state index in [0.29, 0.717) is 18.0 Å². The average molecular weight is 293 g/mol. The zero-order chi connectivity index (χ0) is 15.1. The van der Waals surface area contributed by atoms with Crippen LogP contribution < -0.4 is 15.8 Å². The normalized spacial score (nSPS) is 19.0. The molecule has 1 saturated heterocycles. The lowest BCUT2D eigenvalue weighted by atomic mass is 10.1. The molecule has 1 unspecified atom stereocenters. The molecule has 4 N–H and O–H groups in total. The van der Waals surface area contributed by atoms with Crippen molar-refractivity contribution >= 4 is 17.4 Å². The number of nitrogens with two attached hydrogens (primary N) is 1. The molecule has 0 spiro atoms. The summed E-state index contributed by atoms with van der Waals surface area (Å²) in [6, 6.07) is 6.98. The van der Waals surface area contributed by atoms with Crippen LogP contribution in [0, 0.1) is 0 Å². The van der Waals surface area contributed by atoms with Gasteiger partial charge in [-0.05, 0) is 31.4 Å². The van der Waals surface area contributed by atoms with Gasteiger partial charge in [0.1, 0.15) is 18.5 Å². The third-order valence-electron chi connectivity index (χ3n) is 3.12. The fourth-order valence-electron chi connectivity index (χ4n) is 2.04. The molecule has 2 rings (SSSR count). The van der Waals surface area contributed by atoms with Crippen LogP contribution in [0.2, 0.25) is 0 Å². The molecule has 1 fully saturated rings. The number of hydrogen-bond donors (Lipinski definition) is 3. The van der Waals surface area contributed by atoms with Crippen LogP contribution in [0.15, 0.2) is 29.4 Å². The molecule has 114 valence electrons. The quantitative estimate of drug-likeness (QED) is 0.328. The van der Waals surface area contributed by atoms with E-state index in [9.17, 15) is 4.79 Å². The maximum atomic E-state index is 12.1. The molecule has 0 saturated carbocycles. The number of hydrogen-bond acceptors (Lipinski definition) is 5. The predicted octanol–water partition coefficient (Wildman–Crippen LogP) is 1.32. The Labute approximate surface area is 122 Å². The van der Waals surface area contributed by atoms with Crippen molar-refractivity contribution in [3.8, 4) is 5.75 Å². The fourth-order valence-corrected chi connectivity index (χ4v) is 2.04. The van der Waals surface area contributed by atoms with E-state index in [1.807, 2.05) is 0 Å². The van der Waals surface area contributed by atoms with Crippen LogP contribution in [0.3, 0.4) is 0 Å². The summed E-state index contributed by atoms with van der Waals surface area (Å²) < 4.78 is 10.8. The molecule has 21 heavy (non-hydrogen) atoms. The number of ether oxygens (including phenoxy) is 2. The SMILES string of the molecule is NC(COc1ccccc1NC(=O)C1CCCCO1)=NO. The number of anilines is 1. The summed E-state index contributed by atoms with van der Waals surface area (Å²) in [5.74, 6) is 0.217. The van der Waals surface area contributed by atoms with Crippen molar-refractivity contribution in [2.45, 2.75) is 25.4 Å². The monoisotopic (exact) mass is 293 g/mol. The third kappa shape index (κ3) is 4.35. The Morgan fingerprint density at radius 3 is 3.00 bits per heavy atom. The molecule has 1 heterocycles. The summed E-state index contributed by atoms with van der Waals surface area (Å²) >= 11 is 0. The van der Waals surface area contributed by atoms with Gasteiger partial charge in [-0.25, -0.2) is 0 Å². The van der Waals surface area contributed by atoms with E-state index in [0.717, 1.165) is 19.3 Å². The van der Waals surface area contributed by atoms with Gasteiger partial charge in [-0.3, -0.25) is 4.79 Å². The first-order chi connectivity index (χ1) is 10.2. The largest absolute Gasteiger partial charge is 0.483 e. The lowest BCUT2D eigenvalue weighted by Gasteiger charge is -2.22. The number of amides is 1. The van der Waals surface area contributed by atoms with Crippen molar-refractivity contribution in [2.75, 3.05) is 18.5 Å². The topological polar surface area (TPSA) is 106 Å². The lowest BCUT2D eigenvalue weighted by Crippen LogP contribution is -2.33. The first kappa shape index (κ1) is 15.1. The molecule has 0 radical (unpaired) electrons. The molecule has 0 bridgehead atoms. The second-order valence-electron chi connectivity index (χ2n) is 4.72. The summed E-state index contributed by atoms with van der Waals surface area (Å²) in [6.07, 6.45) is 2.28. The number of oxime groups is 1. The fraction of sp³-hybridized carbons (Fsp3) is 0.429. The Balaban J connectivity index is 2.00. The second-order valence-corrected chi connectivity index (χ2v) is 4.72. The van der Waals surface area contributed by atoms with Crippen molar-refractivity contribution in [1.82, 2.24) is 0 Å². The third-order valence-corrected chi connectivity index (χ3v) is 3.12. The van der Waals surface area contributed by atoms with Crippen LogP contribution in [-0.4, -0.2) is 36.3 Å². The standard InChI is InChI=1S/C14H19N3O4/c15-13(17-19)9-21-11-6-2-1-5-10(11)16-14(18)12-7-3-4-8-20-12/h1-2,5-6,12,19H,3-4,7-9H2,(H2,15,17)(H,16,18). The van der Waals surface area contributed by atoms with Crippen molar-refractivity contribution in [2.24, 2.45) is 10.9 Å². The summed E-state index contributed by atoms with van der Waals surface area (Å²) in [4.78, 5) is 12.1. The van der Waals surface area contributed by atoms with E-state index in [4.69, 9.17) is 20.4 Å². The molecule has 7 heteroatoms. The van der Waals surface area contributed by atoms with E-state index in [1.54, 1.807) is 24.3 Å². The molecule has 1 aliphatic rings. The summed E-state index contributed by atoms with van der Waals surface area (Å²) in [5.41, 5.74) is 5.89. The Morgan fingerprint density at radius 1 is 1.48 bits per heavy atom. The van der Waals surface area contributed by atoms with E-state index >= 15 is 0 Å². The molecular weight excluding hydrogens is 274 g/mol. The minimum Gasteiger partial charge on any atom is -0.483 e. The van der Waals surface area contributed by atoms with Crippen molar-refractivity contribution in [3.05, 3.63) is 24.3 Å².